The van der Waals surface area contributed by atoms with Gasteiger partial charge in [0.05, 0.1) is 23.7 Å². The number of carboxylic acids is 1. The molecule has 0 saturated carbocycles. The van der Waals surface area contributed by atoms with Gasteiger partial charge in [-0.1, -0.05) is 0 Å². The number of carbonyl (C=O) groups is 1. The average Bonchev–Trinajstić information content (AvgIpc) is 2.70. The second-order valence-electron chi connectivity index (χ2n) is 3.95. The third-order valence-corrected chi connectivity index (χ3v) is 4.43. The molecule has 0 aliphatic heterocycles. The van der Waals surface area contributed by atoms with E-state index in [0.29, 0.717) is 0 Å². The van der Waals surface area contributed by atoms with Gasteiger partial charge < -0.3 is 9.84 Å². The highest BCUT2D eigenvalue weighted by molar-refractivity contribution is 9.10. The Kier molecular flexibility index (Phi) is 4.21. The molecule has 100 valence electrons. The Bertz CT molecular complexity index is 624. The SMILES string of the molecule is COc1ccc(-c2nc(C)c(CC(=O)O)s2)cc1Br. The second kappa shape index (κ2) is 5.71. The normalized spacial score (nSPS) is 10.5. The van der Waals surface area contributed by atoms with Crippen molar-refractivity contribution in [3.05, 3.63) is 33.2 Å². The molecule has 2 aromatic rings. The topological polar surface area (TPSA) is 59.4 Å². The Morgan fingerprint density at radius 2 is 2.26 bits per heavy atom. The first-order valence-corrected chi connectivity index (χ1v) is 7.14. The predicted molar refractivity (Wildman–Crippen MR) is 77.9 cm³/mol. The molecule has 0 unspecified atom stereocenters. The summed E-state index contributed by atoms with van der Waals surface area (Å²) < 4.78 is 6.02. The van der Waals surface area contributed by atoms with Crippen LogP contribution in [0.4, 0.5) is 0 Å². The Labute approximate surface area is 123 Å². The minimum Gasteiger partial charge on any atom is -0.496 e. The number of methoxy groups -OCH3 is 1. The van der Waals surface area contributed by atoms with Gasteiger partial charge >= 0.3 is 5.97 Å². The number of aryl methyl sites for hydroxylation is 1. The van der Waals surface area contributed by atoms with Crippen LogP contribution in [0.5, 0.6) is 5.75 Å². The van der Waals surface area contributed by atoms with Crippen LogP contribution in [0.25, 0.3) is 10.6 Å². The van der Waals surface area contributed by atoms with Crippen molar-refractivity contribution in [2.45, 2.75) is 13.3 Å². The number of nitrogens with zero attached hydrogens (tertiary/aromatic N) is 1. The summed E-state index contributed by atoms with van der Waals surface area (Å²) in [6.07, 6.45) is 0.0147. The molecule has 19 heavy (non-hydrogen) atoms. The zero-order valence-electron chi connectivity index (χ0n) is 10.4. The number of thiazole rings is 1. The third-order valence-electron chi connectivity index (χ3n) is 2.60. The maximum atomic E-state index is 10.8. The molecule has 0 aliphatic carbocycles. The fourth-order valence-corrected chi connectivity index (χ4v) is 3.24. The van der Waals surface area contributed by atoms with E-state index in [1.807, 2.05) is 25.1 Å². The Morgan fingerprint density at radius 3 is 2.84 bits per heavy atom. The molecule has 1 heterocycles. The summed E-state index contributed by atoms with van der Waals surface area (Å²) in [7, 11) is 1.61. The number of benzene rings is 1. The van der Waals surface area contributed by atoms with E-state index in [2.05, 4.69) is 20.9 Å². The lowest BCUT2D eigenvalue weighted by Crippen LogP contribution is -1.99. The highest BCUT2D eigenvalue weighted by Gasteiger charge is 2.13. The van der Waals surface area contributed by atoms with E-state index >= 15 is 0 Å². The van der Waals surface area contributed by atoms with Crippen LogP contribution in [-0.2, 0) is 11.2 Å². The molecule has 0 bridgehead atoms. The van der Waals surface area contributed by atoms with Crippen molar-refractivity contribution in [2.75, 3.05) is 7.11 Å². The summed E-state index contributed by atoms with van der Waals surface area (Å²) in [5, 5.41) is 9.66. The predicted octanol–water partition coefficient (Wildman–Crippen LogP) is 3.52. The quantitative estimate of drug-likeness (QED) is 0.924. The molecule has 6 heteroatoms. The molecular weight excluding hydrogens is 330 g/mol. The van der Waals surface area contributed by atoms with Gasteiger partial charge in [0.2, 0.25) is 0 Å². The molecule has 1 aromatic heterocycles. The third kappa shape index (κ3) is 3.13. The first-order chi connectivity index (χ1) is 9.01. The molecule has 0 radical (unpaired) electrons. The minimum absolute atomic E-state index is 0.0147. The fraction of sp³-hybridized carbons (Fsp3) is 0.231. The molecule has 1 aromatic carbocycles. The van der Waals surface area contributed by atoms with Crippen LogP contribution in [0.15, 0.2) is 22.7 Å². The smallest absolute Gasteiger partial charge is 0.308 e. The number of aliphatic carboxylic acids is 1. The van der Waals surface area contributed by atoms with Crippen LogP contribution in [0.2, 0.25) is 0 Å². The van der Waals surface area contributed by atoms with E-state index in [9.17, 15) is 4.79 Å². The molecule has 4 nitrogen and oxygen atoms in total. The Hall–Kier alpha value is -1.40. The minimum atomic E-state index is -0.839. The van der Waals surface area contributed by atoms with Crippen molar-refractivity contribution in [1.82, 2.24) is 4.98 Å². The van der Waals surface area contributed by atoms with Gasteiger partial charge in [-0.05, 0) is 41.1 Å². The maximum Gasteiger partial charge on any atom is 0.308 e. The van der Waals surface area contributed by atoms with E-state index < -0.39 is 5.97 Å². The fourth-order valence-electron chi connectivity index (χ4n) is 1.65. The van der Waals surface area contributed by atoms with E-state index in [-0.39, 0.29) is 6.42 Å². The van der Waals surface area contributed by atoms with Crippen molar-refractivity contribution >= 4 is 33.2 Å². The summed E-state index contributed by atoms with van der Waals surface area (Å²) in [4.78, 5) is 16.0. The van der Waals surface area contributed by atoms with Crippen LogP contribution in [0.1, 0.15) is 10.6 Å². The Morgan fingerprint density at radius 1 is 1.53 bits per heavy atom. The number of carboxylic acid groups (broad SMARTS) is 1. The lowest BCUT2D eigenvalue weighted by Gasteiger charge is -2.04. The molecule has 1 N–H and O–H groups in total. The van der Waals surface area contributed by atoms with E-state index in [4.69, 9.17) is 9.84 Å². The number of halogens is 1. The standard InChI is InChI=1S/C13H12BrNO3S/c1-7-11(6-12(16)17)19-13(15-7)8-3-4-10(18-2)9(14)5-8/h3-5H,6H2,1-2H3,(H,16,17). The van der Waals surface area contributed by atoms with Gasteiger partial charge in [-0.15, -0.1) is 11.3 Å². The van der Waals surface area contributed by atoms with Gasteiger partial charge in [-0.3, -0.25) is 4.79 Å². The average molecular weight is 342 g/mol. The first kappa shape index (κ1) is 14.0. The molecule has 0 atom stereocenters. The first-order valence-electron chi connectivity index (χ1n) is 5.53. The van der Waals surface area contributed by atoms with Crippen molar-refractivity contribution < 1.29 is 14.6 Å². The molecule has 0 amide bonds. The van der Waals surface area contributed by atoms with Gasteiger partial charge in [0.15, 0.2) is 0 Å². The Balaban J connectivity index is 2.37. The van der Waals surface area contributed by atoms with Crippen LogP contribution < -0.4 is 4.74 Å². The zero-order valence-corrected chi connectivity index (χ0v) is 12.8. The largest absolute Gasteiger partial charge is 0.496 e. The lowest BCUT2D eigenvalue weighted by atomic mass is 10.2. The highest BCUT2D eigenvalue weighted by atomic mass is 79.9. The highest BCUT2D eigenvalue weighted by Crippen LogP contribution is 2.33. The summed E-state index contributed by atoms with van der Waals surface area (Å²) in [6.45, 7) is 1.83. The number of aromatic nitrogens is 1. The van der Waals surface area contributed by atoms with Crippen LogP contribution >= 0.6 is 27.3 Å². The van der Waals surface area contributed by atoms with Crippen molar-refractivity contribution in [1.29, 1.82) is 0 Å². The number of ether oxygens (including phenoxy) is 1. The number of rotatable bonds is 4. The van der Waals surface area contributed by atoms with Gasteiger partial charge in [0, 0.05) is 10.4 Å². The zero-order chi connectivity index (χ0) is 14.0. The molecule has 2 rings (SSSR count). The van der Waals surface area contributed by atoms with E-state index in [1.54, 1.807) is 7.11 Å². The van der Waals surface area contributed by atoms with Gasteiger partial charge in [0.25, 0.3) is 0 Å². The van der Waals surface area contributed by atoms with Gasteiger partial charge in [-0.2, -0.15) is 0 Å². The summed E-state index contributed by atoms with van der Waals surface area (Å²) in [5.74, 6) is -0.0861. The molecule has 0 spiro atoms. The van der Waals surface area contributed by atoms with Crippen LogP contribution in [0, 0.1) is 6.92 Å². The maximum absolute atomic E-state index is 10.8. The molecular formula is C13H12BrNO3S. The number of hydrogen-bond acceptors (Lipinski definition) is 4. The van der Waals surface area contributed by atoms with Gasteiger partial charge in [0.1, 0.15) is 10.8 Å². The second-order valence-corrected chi connectivity index (χ2v) is 5.89. The summed E-state index contributed by atoms with van der Waals surface area (Å²) >= 11 is 4.84. The van der Waals surface area contributed by atoms with Crippen molar-refractivity contribution in [3.8, 4) is 16.3 Å². The van der Waals surface area contributed by atoms with Crippen LogP contribution in [0.3, 0.4) is 0 Å². The molecule has 0 saturated heterocycles. The molecule has 0 fully saturated rings. The van der Waals surface area contributed by atoms with Gasteiger partial charge in [-0.25, -0.2) is 4.98 Å². The van der Waals surface area contributed by atoms with Crippen LogP contribution in [-0.4, -0.2) is 23.2 Å². The number of hydrogen-bond donors (Lipinski definition) is 1. The summed E-state index contributed by atoms with van der Waals surface area (Å²) in [6, 6.07) is 5.68. The van der Waals surface area contributed by atoms with Crippen molar-refractivity contribution in [3.63, 3.8) is 0 Å². The van der Waals surface area contributed by atoms with E-state index in [1.165, 1.54) is 11.3 Å². The van der Waals surface area contributed by atoms with Crippen molar-refractivity contribution in [2.24, 2.45) is 0 Å². The lowest BCUT2D eigenvalue weighted by molar-refractivity contribution is -0.136. The molecule has 0 aliphatic rings. The van der Waals surface area contributed by atoms with E-state index in [0.717, 1.165) is 31.4 Å². The monoisotopic (exact) mass is 341 g/mol. The summed E-state index contributed by atoms with van der Waals surface area (Å²) in [5.41, 5.74) is 1.71.